The van der Waals surface area contributed by atoms with E-state index in [1.54, 1.807) is 18.2 Å². The fourth-order valence-electron chi connectivity index (χ4n) is 2.96. The van der Waals surface area contributed by atoms with Crippen molar-refractivity contribution in [3.63, 3.8) is 0 Å². The number of amides is 2. The number of urea groups is 1. The average Bonchev–Trinajstić information content (AvgIpc) is 3.05. The van der Waals surface area contributed by atoms with Gasteiger partial charge in [0, 0.05) is 10.9 Å². The van der Waals surface area contributed by atoms with Crippen molar-refractivity contribution in [3.8, 4) is 11.1 Å². The fraction of sp³-hybridized carbons (Fsp3) is 0. The Morgan fingerprint density at radius 1 is 1.00 bits per heavy atom. The molecule has 2 amide bonds. The zero-order valence-electron chi connectivity index (χ0n) is 13.7. The van der Waals surface area contributed by atoms with Crippen molar-refractivity contribution in [1.82, 2.24) is 10.2 Å². The van der Waals surface area contributed by atoms with E-state index in [9.17, 15) is 4.79 Å². The summed E-state index contributed by atoms with van der Waals surface area (Å²) in [6.45, 7) is 0. The minimum Gasteiger partial charge on any atom is -0.351 e. The first-order valence-corrected chi connectivity index (χ1v) is 8.40. The summed E-state index contributed by atoms with van der Waals surface area (Å²) in [4.78, 5) is 13.5. The highest BCUT2D eigenvalue weighted by atomic mass is 35.5. The molecule has 6 heteroatoms. The number of halogens is 1. The summed E-state index contributed by atoms with van der Waals surface area (Å²) < 4.78 is 0. The Morgan fingerprint density at radius 3 is 2.31 bits per heavy atom. The highest BCUT2D eigenvalue weighted by molar-refractivity contribution is 6.34. The number of aromatic nitrogens is 2. The third kappa shape index (κ3) is 2.78. The van der Waals surface area contributed by atoms with E-state index in [0.717, 1.165) is 22.0 Å². The van der Waals surface area contributed by atoms with Gasteiger partial charge in [0.1, 0.15) is 0 Å². The van der Waals surface area contributed by atoms with Gasteiger partial charge in [0.15, 0.2) is 5.82 Å². The monoisotopic (exact) mass is 362 g/mol. The van der Waals surface area contributed by atoms with Gasteiger partial charge < -0.3 is 5.73 Å². The number of nitrogens with two attached hydrogens (primary N) is 1. The Labute approximate surface area is 155 Å². The second-order valence-electron chi connectivity index (χ2n) is 5.80. The molecule has 0 unspecified atom stereocenters. The molecule has 4 rings (SSSR count). The standard InChI is InChI=1S/C20H15ClN4O/c21-17-12-18-16(11-15(17)13-7-3-1-4-8-13)19(24-23-18)25(20(22)26)14-9-5-2-6-10-14/h1-12H,(H2,22,26)(H,23,24). The Morgan fingerprint density at radius 2 is 1.65 bits per heavy atom. The van der Waals surface area contributed by atoms with E-state index >= 15 is 0 Å². The molecule has 3 aromatic carbocycles. The van der Waals surface area contributed by atoms with Gasteiger partial charge in [-0.25, -0.2) is 9.69 Å². The molecular formula is C20H15ClN4O. The van der Waals surface area contributed by atoms with Crippen LogP contribution in [0.3, 0.4) is 0 Å². The second kappa shape index (κ2) is 6.54. The van der Waals surface area contributed by atoms with Gasteiger partial charge in [-0.05, 0) is 29.8 Å². The number of carbonyl (C=O) groups excluding carboxylic acids is 1. The molecule has 4 aromatic rings. The van der Waals surface area contributed by atoms with E-state index in [0.29, 0.717) is 16.5 Å². The summed E-state index contributed by atoms with van der Waals surface area (Å²) in [6.07, 6.45) is 0. The molecule has 3 N–H and O–H groups in total. The largest absolute Gasteiger partial charge is 0.351 e. The molecular weight excluding hydrogens is 348 g/mol. The smallest absolute Gasteiger partial charge is 0.325 e. The van der Waals surface area contributed by atoms with Gasteiger partial charge in [0.25, 0.3) is 0 Å². The van der Waals surface area contributed by atoms with Crippen LogP contribution in [-0.2, 0) is 0 Å². The van der Waals surface area contributed by atoms with Gasteiger partial charge in [-0.3, -0.25) is 5.10 Å². The van der Waals surface area contributed by atoms with Crippen LogP contribution in [0.4, 0.5) is 16.3 Å². The molecule has 0 radical (unpaired) electrons. The van der Waals surface area contributed by atoms with Gasteiger partial charge in [-0.2, -0.15) is 5.10 Å². The van der Waals surface area contributed by atoms with E-state index in [4.69, 9.17) is 17.3 Å². The Balaban J connectivity index is 1.92. The van der Waals surface area contributed by atoms with Crippen LogP contribution in [0.1, 0.15) is 0 Å². The molecule has 0 aliphatic rings. The Kier molecular flexibility index (Phi) is 4.07. The molecule has 0 fully saturated rings. The van der Waals surface area contributed by atoms with Crippen LogP contribution in [0.25, 0.3) is 22.0 Å². The summed E-state index contributed by atoms with van der Waals surface area (Å²) in [5, 5.41) is 8.60. The summed E-state index contributed by atoms with van der Waals surface area (Å²) in [5.41, 5.74) is 8.85. The highest BCUT2D eigenvalue weighted by Gasteiger charge is 2.21. The van der Waals surface area contributed by atoms with Crippen molar-refractivity contribution < 1.29 is 4.79 Å². The Bertz CT molecular complexity index is 1080. The van der Waals surface area contributed by atoms with Crippen LogP contribution in [0.15, 0.2) is 72.8 Å². The van der Waals surface area contributed by atoms with E-state index in [-0.39, 0.29) is 0 Å². The number of nitrogens with zero attached hydrogens (tertiary/aromatic N) is 2. The van der Waals surface area contributed by atoms with Crippen LogP contribution in [0, 0.1) is 0 Å². The van der Waals surface area contributed by atoms with E-state index in [1.165, 1.54) is 4.90 Å². The SMILES string of the molecule is NC(=O)N(c1ccccc1)c1n[nH]c2cc(Cl)c(-c3ccccc3)cc12. The minimum atomic E-state index is -0.610. The molecule has 0 bridgehead atoms. The number of carbonyl (C=O) groups is 1. The molecule has 1 aromatic heterocycles. The number of aromatic amines is 1. The number of hydrogen-bond donors (Lipinski definition) is 2. The zero-order valence-corrected chi connectivity index (χ0v) is 14.4. The van der Waals surface area contributed by atoms with Gasteiger partial charge in [0.05, 0.1) is 16.2 Å². The number of primary amides is 1. The lowest BCUT2D eigenvalue weighted by atomic mass is 10.0. The number of para-hydroxylation sites is 1. The summed E-state index contributed by atoms with van der Waals surface area (Å²) in [5.74, 6) is 0.438. The van der Waals surface area contributed by atoms with E-state index in [1.807, 2.05) is 54.6 Å². The third-order valence-electron chi connectivity index (χ3n) is 4.16. The number of H-pyrrole nitrogens is 1. The quantitative estimate of drug-likeness (QED) is 0.532. The topological polar surface area (TPSA) is 75.0 Å². The first-order valence-electron chi connectivity index (χ1n) is 8.03. The molecule has 1 heterocycles. The number of hydrogen-bond acceptors (Lipinski definition) is 2. The van der Waals surface area contributed by atoms with Crippen molar-refractivity contribution in [3.05, 3.63) is 77.8 Å². The van der Waals surface area contributed by atoms with Crippen LogP contribution in [0.5, 0.6) is 0 Å². The lowest BCUT2D eigenvalue weighted by Crippen LogP contribution is -2.31. The molecule has 0 aliphatic heterocycles. The van der Waals surface area contributed by atoms with Crippen molar-refractivity contribution in [2.24, 2.45) is 5.73 Å². The maximum Gasteiger partial charge on any atom is 0.325 e. The van der Waals surface area contributed by atoms with Crippen LogP contribution < -0.4 is 10.6 Å². The molecule has 0 saturated heterocycles. The van der Waals surface area contributed by atoms with Crippen molar-refractivity contribution >= 4 is 40.0 Å². The third-order valence-corrected chi connectivity index (χ3v) is 4.47. The number of rotatable bonds is 3. The van der Waals surface area contributed by atoms with Crippen molar-refractivity contribution in [2.45, 2.75) is 0 Å². The number of nitrogens with one attached hydrogen (secondary N) is 1. The predicted molar refractivity (Wildman–Crippen MR) is 105 cm³/mol. The second-order valence-corrected chi connectivity index (χ2v) is 6.21. The molecule has 26 heavy (non-hydrogen) atoms. The molecule has 5 nitrogen and oxygen atoms in total. The van der Waals surface area contributed by atoms with Crippen LogP contribution in [-0.4, -0.2) is 16.2 Å². The fourth-order valence-corrected chi connectivity index (χ4v) is 3.24. The van der Waals surface area contributed by atoms with Crippen LogP contribution in [0.2, 0.25) is 5.02 Å². The predicted octanol–water partition coefficient (Wildman–Crippen LogP) is 5.10. The van der Waals surface area contributed by atoms with Crippen molar-refractivity contribution in [1.29, 1.82) is 0 Å². The zero-order chi connectivity index (χ0) is 18.1. The summed E-state index contributed by atoms with van der Waals surface area (Å²) >= 11 is 6.45. The molecule has 0 saturated carbocycles. The number of anilines is 2. The van der Waals surface area contributed by atoms with Crippen LogP contribution >= 0.6 is 11.6 Å². The molecule has 0 spiro atoms. The first-order chi connectivity index (χ1) is 12.6. The maximum absolute atomic E-state index is 12.1. The van der Waals surface area contributed by atoms with Gasteiger partial charge in [-0.1, -0.05) is 60.1 Å². The van der Waals surface area contributed by atoms with E-state index in [2.05, 4.69) is 10.2 Å². The minimum absolute atomic E-state index is 0.438. The molecule has 0 atom stereocenters. The maximum atomic E-state index is 12.1. The lowest BCUT2D eigenvalue weighted by molar-refractivity contribution is 0.256. The lowest BCUT2D eigenvalue weighted by Gasteiger charge is -2.18. The molecule has 0 aliphatic carbocycles. The van der Waals surface area contributed by atoms with Gasteiger partial charge >= 0.3 is 6.03 Å². The normalized spacial score (nSPS) is 10.8. The van der Waals surface area contributed by atoms with Gasteiger partial charge in [0.2, 0.25) is 0 Å². The number of fused-ring (bicyclic) bond motifs is 1. The van der Waals surface area contributed by atoms with Crippen molar-refractivity contribution in [2.75, 3.05) is 4.90 Å². The first kappa shape index (κ1) is 16.2. The van der Waals surface area contributed by atoms with Gasteiger partial charge in [-0.15, -0.1) is 0 Å². The summed E-state index contributed by atoms with van der Waals surface area (Å²) in [6, 6.07) is 22.1. The number of benzene rings is 3. The average molecular weight is 363 g/mol. The summed E-state index contributed by atoms with van der Waals surface area (Å²) in [7, 11) is 0. The Hall–Kier alpha value is -3.31. The van der Waals surface area contributed by atoms with E-state index < -0.39 is 6.03 Å². The molecule has 128 valence electrons. The highest BCUT2D eigenvalue weighted by Crippen LogP contribution is 2.36.